The number of nitrogens with zero attached hydrogens (tertiary/aromatic N) is 2. The first-order valence-electron chi connectivity index (χ1n) is 9.13. The molecule has 2 unspecified atom stereocenters. The highest BCUT2D eigenvalue weighted by atomic mass is 79.9. The Morgan fingerprint density at radius 2 is 2.14 bits per heavy atom. The van der Waals surface area contributed by atoms with Crippen molar-refractivity contribution in [2.24, 2.45) is 0 Å². The van der Waals surface area contributed by atoms with Crippen molar-refractivity contribution in [2.75, 3.05) is 4.90 Å². The van der Waals surface area contributed by atoms with E-state index in [1.54, 1.807) is 26.1 Å². The molecule has 0 amide bonds. The van der Waals surface area contributed by atoms with Crippen LogP contribution in [0.25, 0.3) is 0 Å². The van der Waals surface area contributed by atoms with Crippen molar-refractivity contribution >= 4 is 44.6 Å². The summed E-state index contributed by atoms with van der Waals surface area (Å²) in [6, 6.07) is 8.78. The molecule has 0 saturated carbocycles. The first kappa shape index (κ1) is 19.3. The second-order valence-electron chi connectivity index (χ2n) is 7.80. The molecule has 8 heteroatoms. The van der Waals surface area contributed by atoms with Gasteiger partial charge >= 0.3 is 0 Å². The summed E-state index contributed by atoms with van der Waals surface area (Å²) in [4.78, 5) is 7.33. The number of hydrogen-bond acceptors (Lipinski definition) is 5. The van der Waals surface area contributed by atoms with Gasteiger partial charge in [0, 0.05) is 21.4 Å². The molecule has 2 atom stereocenters. The third kappa shape index (κ3) is 3.15. The molecule has 0 spiro atoms. The summed E-state index contributed by atoms with van der Waals surface area (Å²) in [6.07, 6.45) is 1.89. The second kappa shape index (κ2) is 6.67. The van der Waals surface area contributed by atoms with Gasteiger partial charge in [0.05, 0.1) is 16.5 Å². The van der Waals surface area contributed by atoms with E-state index in [2.05, 4.69) is 25.8 Å². The molecule has 0 radical (unpaired) electrons. The number of ether oxygens (including phenoxy) is 1. The number of aliphatic hydroxyl groups is 1. The first-order valence-corrected chi connectivity index (χ1v) is 11.1. The van der Waals surface area contributed by atoms with Gasteiger partial charge in [-0.1, -0.05) is 27.5 Å². The number of benzene rings is 2. The molecule has 3 aromatic rings. The van der Waals surface area contributed by atoms with E-state index in [9.17, 15) is 9.50 Å². The predicted octanol–water partition coefficient (Wildman–Crippen LogP) is 6.12. The maximum absolute atomic E-state index is 15.0. The number of hydrogen-bond donors (Lipinski definition) is 1. The van der Waals surface area contributed by atoms with Crippen LogP contribution in [0.2, 0.25) is 5.02 Å². The van der Waals surface area contributed by atoms with Gasteiger partial charge in [-0.2, -0.15) is 0 Å². The van der Waals surface area contributed by atoms with Gasteiger partial charge in [0.25, 0.3) is 0 Å². The number of halogens is 3. The fourth-order valence-electron chi connectivity index (χ4n) is 4.01. The van der Waals surface area contributed by atoms with Gasteiger partial charge in [-0.25, -0.2) is 9.37 Å². The highest BCUT2D eigenvalue weighted by Gasteiger charge is 2.44. The molecule has 0 fully saturated rings. The fraction of sp³-hybridized carbons (Fsp3) is 0.286. The van der Waals surface area contributed by atoms with Crippen LogP contribution < -0.4 is 9.64 Å². The summed E-state index contributed by atoms with van der Waals surface area (Å²) < 4.78 is 21.9. The highest BCUT2D eigenvalue weighted by Crippen LogP contribution is 2.53. The Bertz CT molecular complexity index is 1130. The van der Waals surface area contributed by atoms with Crippen LogP contribution in [-0.2, 0) is 12.0 Å². The Balaban J connectivity index is 1.68. The third-order valence-electron chi connectivity index (χ3n) is 5.24. The van der Waals surface area contributed by atoms with E-state index in [-0.39, 0.29) is 11.9 Å². The lowest BCUT2D eigenvalue weighted by atomic mass is 9.99. The molecule has 0 saturated heterocycles. The Morgan fingerprint density at radius 3 is 2.86 bits per heavy atom. The molecule has 1 N–H and O–H groups in total. The van der Waals surface area contributed by atoms with Gasteiger partial charge in [-0.15, -0.1) is 11.3 Å². The lowest BCUT2D eigenvalue weighted by Crippen LogP contribution is -2.37. The third-order valence-corrected chi connectivity index (χ3v) is 7.27. The van der Waals surface area contributed by atoms with Crippen LogP contribution in [-0.4, -0.2) is 10.1 Å². The standard InChI is InChI=1S/C21H17BrClFN2O2S/c1-21(2,27)20-25-9-17(29-20)19-26-14-4-3-12(23)5-10(14)6-15(26)18-13(24)7-11(22)8-16(18)28-19/h3-5,7-9,15,19,27H,6H2,1-2H3. The topological polar surface area (TPSA) is 45.6 Å². The van der Waals surface area contributed by atoms with Crippen LogP contribution in [0.15, 0.2) is 41.0 Å². The molecular formula is C21H17BrClFN2O2S. The van der Waals surface area contributed by atoms with Crippen molar-refractivity contribution in [2.45, 2.75) is 38.1 Å². The van der Waals surface area contributed by atoms with Crippen molar-refractivity contribution in [1.82, 2.24) is 4.98 Å². The molecule has 5 rings (SSSR count). The molecule has 150 valence electrons. The smallest absolute Gasteiger partial charge is 0.210 e. The number of rotatable bonds is 2. The number of aromatic nitrogens is 1. The zero-order valence-corrected chi connectivity index (χ0v) is 18.8. The minimum Gasteiger partial charge on any atom is -0.465 e. The highest BCUT2D eigenvalue weighted by molar-refractivity contribution is 9.10. The van der Waals surface area contributed by atoms with Gasteiger partial charge in [0.2, 0.25) is 6.23 Å². The molecule has 29 heavy (non-hydrogen) atoms. The van der Waals surface area contributed by atoms with Gasteiger partial charge in [-0.3, -0.25) is 0 Å². The fourth-order valence-corrected chi connectivity index (χ4v) is 5.56. The maximum Gasteiger partial charge on any atom is 0.210 e. The van der Waals surface area contributed by atoms with Crippen molar-refractivity contribution in [3.8, 4) is 5.75 Å². The molecular weight excluding hydrogens is 479 g/mol. The molecule has 3 heterocycles. The molecule has 1 aromatic heterocycles. The van der Waals surface area contributed by atoms with Gasteiger partial charge in [0.1, 0.15) is 22.2 Å². The lowest BCUT2D eigenvalue weighted by Gasteiger charge is -2.40. The summed E-state index contributed by atoms with van der Waals surface area (Å²) >= 11 is 11.0. The number of anilines is 1. The van der Waals surface area contributed by atoms with Crippen LogP contribution in [0.4, 0.5) is 10.1 Å². The lowest BCUT2D eigenvalue weighted by molar-refractivity contribution is 0.0783. The van der Waals surface area contributed by atoms with Crippen LogP contribution in [0.1, 0.15) is 47.1 Å². The minimum atomic E-state index is -1.04. The molecule has 2 aliphatic heterocycles. The van der Waals surface area contributed by atoms with Crippen molar-refractivity contribution in [3.05, 3.63) is 72.9 Å². The minimum absolute atomic E-state index is 0.210. The average Bonchev–Trinajstić information content (AvgIpc) is 3.24. The normalized spacial score (nSPS) is 20.1. The zero-order valence-electron chi connectivity index (χ0n) is 15.6. The Kier molecular flexibility index (Phi) is 4.44. The maximum atomic E-state index is 15.0. The quantitative estimate of drug-likeness (QED) is 0.465. The summed E-state index contributed by atoms with van der Waals surface area (Å²) in [5, 5.41) is 11.6. The first-order chi connectivity index (χ1) is 13.7. The molecule has 0 bridgehead atoms. The largest absolute Gasteiger partial charge is 0.465 e. The molecule has 0 aliphatic carbocycles. The van der Waals surface area contributed by atoms with Gasteiger partial charge in [-0.05, 0) is 56.2 Å². The average molecular weight is 496 g/mol. The van der Waals surface area contributed by atoms with Crippen molar-refractivity contribution < 1.29 is 14.2 Å². The van der Waals surface area contributed by atoms with E-state index in [4.69, 9.17) is 16.3 Å². The second-order valence-corrected chi connectivity index (χ2v) is 10.2. The summed E-state index contributed by atoms with van der Waals surface area (Å²) in [7, 11) is 0. The van der Waals surface area contributed by atoms with Crippen molar-refractivity contribution in [3.63, 3.8) is 0 Å². The number of thiazole rings is 1. The van der Waals surface area contributed by atoms with E-state index in [0.717, 1.165) is 16.1 Å². The summed E-state index contributed by atoms with van der Waals surface area (Å²) in [5.41, 5.74) is 1.53. The van der Waals surface area contributed by atoms with E-state index in [1.165, 1.54) is 17.4 Å². The zero-order chi connectivity index (χ0) is 20.5. The monoisotopic (exact) mass is 494 g/mol. The molecule has 2 aromatic carbocycles. The Morgan fingerprint density at radius 1 is 1.34 bits per heavy atom. The Labute approximate surface area is 185 Å². The number of fused-ring (bicyclic) bond motifs is 5. The van der Waals surface area contributed by atoms with Crippen LogP contribution in [0.5, 0.6) is 5.75 Å². The molecule has 4 nitrogen and oxygen atoms in total. The van der Waals surface area contributed by atoms with E-state index >= 15 is 0 Å². The predicted molar refractivity (Wildman–Crippen MR) is 115 cm³/mol. The Hall–Kier alpha value is -1.67. The SMILES string of the molecule is CC(C)(O)c1ncc(C2Oc3cc(Br)cc(F)c3C3Cc4cc(Cl)ccc4N32)s1. The van der Waals surface area contributed by atoms with Gasteiger partial charge < -0.3 is 14.7 Å². The van der Waals surface area contributed by atoms with E-state index < -0.39 is 11.8 Å². The summed E-state index contributed by atoms with van der Waals surface area (Å²) in [6.45, 7) is 3.41. The summed E-state index contributed by atoms with van der Waals surface area (Å²) in [5.74, 6) is 0.212. The van der Waals surface area contributed by atoms with Crippen LogP contribution in [0, 0.1) is 5.82 Å². The van der Waals surface area contributed by atoms with E-state index in [0.29, 0.717) is 32.2 Å². The van der Waals surface area contributed by atoms with E-state index in [1.807, 2.05) is 18.2 Å². The molecule has 2 aliphatic rings. The van der Waals surface area contributed by atoms with Crippen LogP contribution >= 0.6 is 38.9 Å². The van der Waals surface area contributed by atoms with Crippen molar-refractivity contribution in [1.29, 1.82) is 0 Å². The van der Waals surface area contributed by atoms with Gasteiger partial charge in [0.15, 0.2) is 0 Å². The van der Waals surface area contributed by atoms with Crippen LogP contribution in [0.3, 0.4) is 0 Å².